The van der Waals surface area contributed by atoms with Crippen molar-refractivity contribution >= 4 is 23.3 Å². The van der Waals surface area contributed by atoms with Gasteiger partial charge in [0.05, 0.1) is 5.02 Å². The van der Waals surface area contributed by atoms with Crippen molar-refractivity contribution in [3.8, 4) is 11.6 Å². The molecule has 0 saturated carbocycles. The summed E-state index contributed by atoms with van der Waals surface area (Å²) in [5.74, 6) is 2.09. The van der Waals surface area contributed by atoms with E-state index in [-0.39, 0.29) is 11.9 Å². The second-order valence-electron chi connectivity index (χ2n) is 7.94. The highest BCUT2D eigenvalue weighted by Gasteiger charge is 2.28. The van der Waals surface area contributed by atoms with Crippen LogP contribution in [0.2, 0.25) is 5.02 Å². The van der Waals surface area contributed by atoms with Crippen LogP contribution in [0.15, 0.2) is 30.6 Å². The Hall–Kier alpha value is -2.34. The van der Waals surface area contributed by atoms with Gasteiger partial charge in [-0.2, -0.15) is 0 Å². The van der Waals surface area contributed by atoms with Crippen LogP contribution in [0, 0.1) is 6.92 Å². The molecule has 1 aliphatic heterocycles. The molecule has 0 N–H and O–H groups in total. The lowest BCUT2D eigenvalue weighted by Gasteiger charge is -2.40. The lowest BCUT2D eigenvalue weighted by atomic mass is 10.1. The Kier molecular flexibility index (Phi) is 7.91. The van der Waals surface area contributed by atoms with Crippen molar-refractivity contribution in [1.82, 2.24) is 14.9 Å². The summed E-state index contributed by atoms with van der Waals surface area (Å²) in [6.07, 6.45) is 6.64. The van der Waals surface area contributed by atoms with Gasteiger partial charge in [-0.05, 0) is 38.0 Å². The zero-order chi connectivity index (χ0) is 21.5. The molecule has 1 saturated heterocycles. The summed E-state index contributed by atoms with van der Waals surface area (Å²) < 4.78 is 5.90. The number of carbonyl (C=O) groups is 1. The molecule has 0 aliphatic carbocycles. The Labute approximate surface area is 184 Å². The standard InChI is InChI=1S/C23H31ClN4O2/c1-4-5-6-7-8-23(29)28-12-11-27(15-18(28)3)21-14-22(26-16-25-21)30-20-13-17(2)9-10-19(20)24/h9-10,13-14,16,18H,4-8,11-12,15H2,1-3H3/t18-/m0/s1. The number of carbonyl (C=O) groups excluding carboxylic acids is 1. The molecule has 0 bridgehead atoms. The molecule has 1 amide bonds. The zero-order valence-electron chi connectivity index (χ0n) is 18.1. The summed E-state index contributed by atoms with van der Waals surface area (Å²) in [5.41, 5.74) is 1.06. The molecule has 7 heteroatoms. The van der Waals surface area contributed by atoms with Crippen molar-refractivity contribution in [1.29, 1.82) is 0 Å². The number of anilines is 1. The summed E-state index contributed by atoms with van der Waals surface area (Å²) in [4.78, 5) is 25.4. The topological polar surface area (TPSA) is 58.6 Å². The van der Waals surface area contributed by atoms with E-state index in [0.29, 0.717) is 29.6 Å². The van der Waals surface area contributed by atoms with E-state index in [4.69, 9.17) is 16.3 Å². The first-order chi connectivity index (χ1) is 14.5. The SMILES string of the molecule is CCCCCCC(=O)N1CCN(c2cc(Oc3cc(C)ccc3Cl)ncn2)C[C@@H]1C. The number of amides is 1. The van der Waals surface area contributed by atoms with Crippen molar-refractivity contribution < 1.29 is 9.53 Å². The number of ether oxygens (including phenoxy) is 1. The highest BCUT2D eigenvalue weighted by molar-refractivity contribution is 6.32. The molecule has 1 fully saturated rings. The molecule has 1 aromatic carbocycles. The largest absolute Gasteiger partial charge is 0.437 e. The third-order valence-corrected chi connectivity index (χ3v) is 5.76. The fourth-order valence-electron chi connectivity index (χ4n) is 3.74. The maximum atomic E-state index is 12.6. The normalized spacial score (nSPS) is 16.6. The summed E-state index contributed by atoms with van der Waals surface area (Å²) in [7, 11) is 0. The van der Waals surface area contributed by atoms with Gasteiger partial charge in [-0.15, -0.1) is 0 Å². The number of hydrogen-bond donors (Lipinski definition) is 0. The first-order valence-electron chi connectivity index (χ1n) is 10.8. The average Bonchev–Trinajstić information content (AvgIpc) is 2.74. The summed E-state index contributed by atoms with van der Waals surface area (Å²) in [5, 5.41) is 0.542. The number of unbranched alkanes of at least 4 members (excludes halogenated alkanes) is 3. The predicted octanol–water partition coefficient (Wildman–Crippen LogP) is 5.24. The van der Waals surface area contributed by atoms with Crippen molar-refractivity contribution in [3.63, 3.8) is 0 Å². The van der Waals surface area contributed by atoms with E-state index in [2.05, 4.69) is 28.7 Å². The molecule has 162 valence electrons. The maximum Gasteiger partial charge on any atom is 0.224 e. The molecule has 1 aliphatic rings. The smallest absolute Gasteiger partial charge is 0.224 e. The summed E-state index contributed by atoms with van der Waals surface area (Å²) in [6.45, 7) is 8.46. The molecule has 1 atom stereocenters. The molecule has 3 rings (SSSR count). The highest BCUT2D eigenvalue weighted by Crippen LogP contribution is 2.30. The summed E-state index contributed by atoms with van der Waals surface area (Å²) >= 11 is 6.24. The number of nitrogens with zero attached hydrogens (tertiary/aromatic N) is 4. The minimum atomic E-state index is 0.142. The van der Waals surface area contributed by atoms with Crippen molar-refractivity contribution in [2.75, 3.05) is 24.5 Å². The van der Waals surface area contributed by atoms with Crippen molar-refractivity contribution in [2.24, 2.45) is 0 Å². The van der Waals surface area contributed by atoms with Gasteiger partial charge in [0.2, 0.25) is 11.8 Å². The lowest BCUT2D eigenvalue weighted by molar-refractivity contribution is -0.133. The molecule has 0 unspecified atom stereocenters. The quantitative estimate of drug-likeness (QED) is 0.536. The van der Waals surface area contributed by atoms with Gasteiger partial charge in [-0.3, -0.25) is 4.79 Å². The monoisotopic (exact) mass is 430 g/mol. The van der Waals surface area contributed by atoms with Crippen LogP contribution in [0.3, 0.4) is 0 Å². The molecule has 1 aromatic heterocycles. The fourth-order valence-corrected chi connectivity index (χ4v) is 3.90. The highest BCUT2D eigenvalue weighted by atomic mass is 35.5. The molecule has 2 aromatic rings. The van der Waals surface area contributed by atoms with E-state index in [9.17, 15) is 4.79 Å². The molecule has 0 radical (unpaired) electrons. The summed E-state index contributed by atoms with van der Waals surface area (Å²) in [6, 6.07) is 7.61. The van der Waals surface area contributed by atoms with E-state index in [0.717, 1.165) is 37.3 Å². The number of benzene rings is 1. The Morgan fingerprint density at radius 3 is 2.80 bits per heavy atom. The van der Waals surface area contributed by atoms with Crippen LogP contribution < -0.4 is 9.64 Å². The van der Waals surface area contributed by atoms with Crippen molar-refractivity contribution in [2.45, 2.75) is 58.9 Å². The number of piperazine rings is 1. The van der Waals surface area contributed by atoms with Crippen LogP contribution in [0.5, 0.6) is 11.6 Å². The van der Waals surface area contributed by atoms with E-state index < -0.39 is 0 Å². The second-order valence-corrected chi connectivity index (χ2v) is 8.35. The number of aromatic nitrogens is 2. The van der Waals surface area contributed by atoms with E-state index in [1.54, 1.807) is 0 Å². The third-order valence-electron chi connectivity index (χ3n) is 5.44. The van der Waals surface area contributed by atoms with Gasteiger partial charge < -0.3 is 14.5 Å². The second kappa shape index (κ2) is 10.6. The van der Waals surface area contributed by atoms with Crippen LogP contribution in [-0.4, -0.2) is 46.5 Å². The average molecular weight is 431 g/mol. The van der Waals surface area contributed by atoms with Gasteiger partial charge in [0.25, 0.3) is 0 Å². The minimum absolute atomic E-state index is 0.142. The lowest BCUT2D eigenvalue weighted by Crippen LogP contribution is -2.54. The van der Waals surface area contributed by atoms with E-state index in [1.165, 1.54) is 19.2 Å². The fraction of sp³-hybridized carbons (Fsp3) is 0.522. The van der Waals surface area contributed by atoms with Gasteiger partial charge >= 0.3 is 0 Å². The Morgan fingerprint density at radius 1 is 1.20 bits per heavy atom. The van der Waals surface area contributed by atoms with E-state index >= 15 is 0 Å². The Balaban J connectivity index is 1.60. The van der Waals surface area contributed by atoms with Gasteiger partial charge in [0.1, 0.15) is 17.9 Å². The third kappa shape index (κ3) is 5.85. The van der Waals surface area contributed by atoms with Crippen LogP contribution in [0.25, 0.3) is 0 Å². The number of hydrogen-bond acceptors (Lipinski definition) is 5. The van der Waals surface area contributed by atoms with Crippen LogP contribution in [0.4, 0.5) is 5.82 Å². The molecular formula is C23H31ClN4O2. The minimum Gasteiger partial charge on any atom is -0.437 e. The first-order valence-corrected chi connectivity index (χ1v) is 11.2. The van der Waals surface area contributed by atoms with Crippen LogP contribution in [-0.2, 0) is 4.79 Å². The van der Waals surface area contributed by atoms with E-state index in [1.807, 2.05) is 36.1 Å². The molecule has 6 nitrogen and oxygen atoms in total. The maximum absolute atomic E-state index is 12.6. The Bertz CT molecular complexity index is 861. The van der Waals surface area contributed by atoms with Crippen LogP contribution >= 0.6 is 11.6 Å². The van der Waals surface area contributed by atoms with Gasteiger partial charge in [0, 0.05) is 38.2 Å². The molecular weight excluding hydrogens is 400 g/mol. The van der Waals surface area contributed by atoms with Gasteiger partial charge in [-0.1, -0.05) is 43.9 Å². The van der Waals surface area contributed by atoms with Gasteiger partial charge in [-0.25, -0.2) is 9.97 Å². The molecule has 0 spiro atoms. The predicted molar refractivity (Wildman–Crippen MR) is 120 cm³/mol. The Morgan fingerprint density at radius 2 is 2.03 bits per heavy atom. The number of halogens is 1. The molecule has 30 heavy (non-hydrogen) atoms. The van der Waals surface area contributed by atoms with Crippen LogP contribution in [0.1, 0.15) is 51.5 Å². The number of rotatable bonds is 8. The first kappa shape index (κ1) is 22.3. The number of aryl methyl sites for hydroxylation is 1. The van der Waals surface area contributed by atoms with Crippen molar-refractivity contribution in [3.05, 3.63) is 41.2 Å². The zero-order valence-corrected chi connectivity index (χ0v) is 18.9. The molecule has 2 heterocycles. The van der Waals surface area contributed by atoms with Gasteiger partial charge in [0.15, 0.2) is 0 Å².